The molecular formula is C12H10BrClINS. The number of benzene rings is 1. The summed E-state index contributed by atoms with van der Waals surface area (Å²) in [6.45, 7) is 2.15. The summed E-state index contributed by atoms with van der Waals surface area (Å²) in [5.74, 6) is 0. The maximum absolute atomic E-state index is 5.94. The lowest BCUT2D eigenvalue weighted by atomic mass is 10.2. The first-order valence-corrected chi connectivity index (χ1v) is 8.15. The Morgan fingerprint density at radius 2 is 2.18 bits per heavy atom. The molecule has 1 nitrogen and oxygen atoms in total. The number of hydrogen-bond acceptors (Lipinski definition) is 2. The summed E-state index contributed by atoms with van der Waals surface area (Å²) in [6.07, 6.45) is 0. The fourth-order valence-electron chi connectivity index (χ4n) is 1.52. The first-order valence-electron chi connectivity index (χ1n) is 5.02. The SMILES string of the molecule is CC(Nc1ccc(Cl)cc1I)c1sccc1Br. The van der Waals surface area contributed by atoms with Crippen LogP contribution >= 0.6 is 61.5 Å². The van der Waals surface area contributed by atoms with Crippen molar-refractivity contribution >= 4 is 67.1 Å². The Balaban J connectivity index is 2.19. The molecule has 0 saturated carbocycles. The van der Waals surface area contributed by atoms with Crippen molar-refractivity contribution in [3.05, 3.63) is 47.6 Å². The Morgan fingerprint density at radius 3 is 2.76 bits per heavy atom. The highest BCUT2D eigenvalue weighted by Crippen LogP contribution is 2.32. The largest absolute Gasteiger partial charge is 0.377 e. The summed E-state index contributed by atoms with van der Waals surface area (Å²) in [5.41, 5.74) is 1.11. The van der Waals surface area contributed by atoms with Crippen molar-refractivity contribution in [1.29, 1.82) is 0 Å². The second-order valence-electron chi connectivity index (χ2n) is 3.62. The van der Waals surface area contributed by atoms with Crippen LogP contribution in [0, 0.1) is 3.57 Å². The van der Waals surface area contributed by atoms with E-state index in [-0.39, 0.29) is 6.04 Å². The monoisotopic (exact) mass is 441 g/mol. The molecule has 0 bridgehead atoms. The van der Waals surface area contributed by atoms with Crippen LogP contribution < -0.4 is 5.32 Å². The van der Waals surface area contributed by atoms with Crippen molar-refractivity contribution in [1.82, 2.24) is 0 Å². The predicted molar refractivity (Wildman–Crippen MR) is 88.2 cm³/mol. The molecule has 1 heterocycles. The smallest absolute Gasteiger partial charge is 0.0590 e. The zero-order valence-corrected chi connectivity index (χ0v) is 14.3. The van der Waals surface area contributed by atoms with Crippen LogP contribution in [0.2, 0.25) is 5.02 Å². The van der Waals surface area contributed by atoms with Crippen LogP contribution in [0.1, 0.15) is 17.8 Å². The molecule has 0 aliphatic heterocycles. The van der Waals surface area contributed by atoms with Gasteiger partial charge < -0.3 is 5.32 Å². The van der Waals surface area contributed by atoms with Gasteiger partial charge in [0.2, 0.25) is 0 Å². The summed E-state index contributed by atoms with van der Waals surface area (Å²) in [4.78, 5) is 1.30. The lowest BCUT2D eigenvalue weighted by Gasteiger charge is -2.16. The van der Waals surface area contributed by atoms with Gasteiger partial charge in [-0.1, -0.05) is 11.6 Å². The standard InChI is InChI=1S/C12H10BrClINS/c1-7(12-9(13)4-5-17-12)16-11-3-2-8(14)6-10(11)15/h2-7,16H,1H3. The molecule has 0 amide bonds. The predicted octanol–water partition coefficient (Wildman–Crippen LogP) is 5.94. The fourth-order valence-corrected chi connectivity index (χ4v) is 4.27. The van der Waals surface area contributed by atoms with E-state index >= 15 is 0 Å². The minimum atomic E-state index is 0.277. The Morgan fingerprint density at radius 1 is 1.41 bits per heavy atom. The molecule has 2 rings (SSSR count). The van der Waals surface area contributed by atoms with E-state index in [0.717, 1.165) is 18.8 Å². The van der Waals surface area contributed by atoms with Crippen LogP contribution in [0.5, 0.6) is 0 Å². The maximum atomic E-state index is 5.94. The molecule has 0 radical (unpaired) electrons. The molecule has 1 unspecified atom stereocenters. The van der Waals surface area contributed by atoms with E-state index in [4.69, 9.17) is 11.6 Å². The van der Waals surface area contributed by atoms with Gasteiger partial charge in [-0.15, -0.1) is 11.3 Å². The highest BCUT2D eigenvalue weighted by Gasteiger charge is 2.11. The van der Waals surface area contributed by atoms with Crippen molar-refractivity contribution in [2.75, 3.05) is 5.32 Å². The zero-order chi connectivity index (χ0) is 12.4. The first-order chi connectivity index (χ1) is 8.08. The van der Waals surface area contributed by atoms with Gasteiger partial charge in [0.25, 0.3) is 0 Å². The summed E-state index contributed by atoms with van der Waals surface area (Å²) in [7, 11) is 0. The average Bonchev–Trinajstić information content (AvgIpc) is 2.68. The number of halogens is 3. The van der Waals surface area contributed by atoms with Gasteiger partial charge in [-0.2, -0.15) is 0 Å². The number of hydrogen-bond donors (Lipinski definition) is 1. The number of rotatable bonds is 3. The van der Waals surface area contributed by atoms with Gasteiger partial charge in [-0.3, -0.25) is 0 Å². The van der Waals surface area contributed by atoms with E-state index in [1.54, 1.807) is 11.3 Å². The molecule has 17 heavy (non-hydrogen) atoms. The van der Waals surface area contributed by atoms with Crippen LogP contribution in [0.4, 0.5) is 5.69 Å². The van der Waals surface area contributed by atoms with Crippen LogP contribution in [0.25, 0.3) is 0 Å². The highest BCUT2D eigenvalue weighted by molar-refractivity contribution is 14.1. The summed E-state index contributed by atoms with van der Waals surface area (Å²) < 4.78 is 2.29. The molecule has 0 fully saturated rings. The lowest BCUT2D eigenvalue weighted by molar-refractivity contribution is 0.902. The average molecular weight is 443 g/mol. The lowest BCUT2D eigenvalue weighted by Crippen LogP contribution is -2.06. The molecule has 0 aliphatic carbocycles. The molecule has 0 saturated heterocycles. The third kappa shape index (κ3) is 3.36. The topological polar surface area (TPSA) is 12.0 Å². The van der Waals surface area contributed by atoms with Crippen molar-refractivity contribution in [2.24, 2.45) is 0 Å². The molecule has 2 aromatic rings. The number of thiophene rings is 1. The minimum absolute atomic E-state index is 0.277. The molecule has 1 aromatic heterocycles. The normalized spacial score (nSPS) is 12.5. The molecule has 1 N–H and O–H groups in total. The summed E-state index contributed by atoms with van der Waals surface area (Å²) in [5, 5.41) is 6.35. The Hall–Kier alpha value is 0.220. The van der Waals surface area contributed by atoms with Crippen molar-refractivity contribution < 1.29 is 0 Å². The van der Waals surface area contributed by atoms with Gasteiger partial charge in [0.1, 0.15) is 0 Å². The second kappa shape index (κ2) is 5.91. The second-order valence-corrected chi connectivity index (χ2v) is 7.02. The third-order valence-corrected chi connectivity index (χ3v) is 5.52. The van der Waals surface area contributed by atoms with Crippen molar-refractivity contribution in [3.8, 4) is 0 Å². The maximum Gasteiger partial charge on any atom is 0.0590 e. The van der Waals surface area contributed by atoms with E-state index < -0.39 is 0 Å². The van der Waals surface area contributed by atoms with Crippen LogP contribution in [-0.2, 0) is 0 Å². The zero-order valence-electron chi connectivity index (χ0n) is 9.01. The number of anilines is 1. The van der Waals surface area contributed by atoms with Gasteiger partial charge >= 0.3 is 0 Å². The van der Waals surface area contributed by atoms with Gasteiger partial charge in [-0.25, -0.2) is 0 Å². The number of nitrogens with one attached hydrogen (secondary N) is 1. The van der Waals surface area contributed by atoms with Crippen molar-refractivity contribution in [3.63, 3.8) is 0 Å². The molecule has 1 aromatic carbocycles. The Kier molecular flexibility index (Phi) is 4.74. The highest BCUT2D eigenvalue weighted by atomic mass is 127. The molecule has 5 heteroatoms. The molecule has 0 spiro atoms. The summed E-state index contributed by atoms with van der Waals surface area (Å²) >= 11 is 13.5. The third-order valence-electron chi connectivity index (χ3n) is 2.34. The molecular weight excluding hydrogens is 432 g/mol. The van der Waals surface area contributed by atoms with E-state index in [1.807, 2.05) is 18.2 Å². The van der Waals surface area contributed by atoms with E-state index in [2.05, 4.69) is 62.2 Å². The van der Waals surface area contributed by atoms with Crippen molar-refractivity contribution in [2.45, 2.75) is 13.0 Å². The van der Waals surface area contributed by atoms with Gasteiger partial charge in [-0.05, 0) is 75.1 Å². The van der Waals surface area contributed by atoms with E-state index in [0.29, 0.717) is 0 Å². The molecule has 90 valence electrons. The van der Waals surface area contributed by atoms with Crippen LogP contribution in [0.3, 0.4) is 0 Å². The quantitative estimate of drug-likeness (QED) is 0.580. The molecule has 1 atom stereocenters. The molecule has 0 aliphatic rings. The van der Waals surface area contributed by atoms with E-state index in [1.165, 1.54) is 4.88 Å². The van der Waals surface area contributed by atoms with E-state index in [9.17, 15) is 0 Å². The Bertz CT molecular complexity index is 529. The minimum Gasteiger partial charge on any atom is -0.377 e. The van der Waals surface area contributed by atoms with Gasteiger partial charge in [0.15, 0.2) is 0 Å². The summed E-state index contributed by atoms with van der Waals surface area (Å²) in [6, 6.07) is 8.23. The Labute approximate surface area is 132 Å². The van der Waals surface area contributed by atoms with Gasteiger partial charge in [0.05, 0.1) is 6.04 Å². The first kappa shape index (κ1) is 13.6. The van der Waals surface area contributed by atoms with Crippen LogP contribution in [0.15, 0.2) is 34.1 Å². The van der Waals surface area contributed by atoms with Gasteiger partial charge in [0, 0.05) is 23.6 Å². The fraction of sp³-hybridized carbons (Fsp3) is 0.167. The van der Waals surface area contributed by atoms with Crippen LogP contribution in [-0.4, -0.2) is 0 Å².